The molecule has 0 aromatic rings. The lowest BCUT2D eigenvalue weighted by atomic mass is 9.90. The van der Waals surface area contributed by atoms with Gasteiger partial charge in [0.05, 0.1) is 6.04 Å². The number of amides is 1. The third kappa shape index (κ3) is 2.41. The van der Waals surface area contributed by atoms with E-state index in [0.29, 0.717) is 13.0 Å². The second-order valence-electron chi connectivity index (χ2n) is 3.22. The fourth-order valence-electron chi connectivity index (χ4n) is 1.36. The molecule has 1 heterocycles. The van der Waals surface area contributed by atoms with Crippen molar-refractivity contribution in [2.45, 2.75) is 24.7 Å². The Balaban J connectivity index is 2.62. The normalized spacial score (nSPS) is 23.7. The van der Waals surface area contributed by atoms with Crippen LogP contribution in [0.5, 0.6) is 0 Å². The van der Waals surface area contributed by atoms with Gasteiger partial charge in [-0.2, -0.15) is 0 Å². The lowest BCUT2D eigenvalue weighted by molar-refractivity contribution is -0.132. The van der Waals surface area contributed by atoms with Crippen molar-refractivity contribution in [3.63, 3.8) is 0 Å². The molecule has 1 amide bonds. The second-order valence-corrected chi connectivity index (χ2v) is 4.45. The summed E-state index contributed by atoms with van der Waals surface area (Å²) in [7, 11) is -1.49. The van der Waals surface area contributed by atoms with Gasteiger partial charge in [-0.05, 0) is 6.42 Å². The molecule has 2 unspecified atom stereocenters. The topological polar surface area (TPSA) is 86.8 Å². The van der Waals surface area contributed by atoms with Gasteiger partial charge in [0.2, 0.25) is 5.91 Å². The molecule has 5 nitrogen and oxygen atoms in total. The van der Waals surface area contributed by atoms with E-state index in [0.717, 1.165) is 5.75 Å². The van der Waals surface area contributed by atoms with Gasteiger partial charge >= 0.3 is 7.12 Å². The van der Waals surface area contributed by atoms with E-state index in [9.17, 15) is 4.79 Å². The van der Waals surface area contributed by atoms with Crippen LogP contribution in [0.4, 0.5) is 0 Å². The Morgan fingerprint density at radius 3 is 2.93 bits per heavy atom. The van der Waals surface area contributed by atoms with Crippen LogP contribution in [0, 0.1) is 0 Å². The monoisotopic (exact) mass is 218 g/mol. The zero-order valence-corrected chi connectivity index (χ0v) is 8.91. The summed E-state index contributed by atoms with van der Waals surface area (Å²) in [5, 5.41) is 17.5. The predicted octanol–water partition coefficient (Wildman–Crippen LogP) is -1.36. The maximum Gasteiger partial charge on any atom is 0.486 e. The van der Waals surface area contributed by atoms with E-state index < -0.39 is 18.4 Å². The van der Waals surface area contributed by atoms with Crippen LogP contribution in [0.15, 0.2) is 0 Å². The number of rotatable bonds is 3. The first-order valence-electron chi connectivity index (χ1n) is 4.61. The lowest BCUT2D eigenvalue weighted by Gasteiger charge is -2.25. The highest BCUT2D eigenvalue weighted by Gasteiger charge is 2.38. The van der Waals surface area contributed by atoms with Crippen LogP contribution in [-0.2, 0) is 4.79 Å². The maximum atomic E-state index is 11.7. The van der Waals surface area contributed by atoms with Crippen molar-refractivity contribution in [2.75, 3.05) is 12.3 Å². The average Bonchev–Trinajstić information content (AvgIpc) is 2.63. The molecule has 0 radical (unpaired) electrons. The molecule has 1 saturated heterocycles. The average molecular weight is 218 g/mol. The van der Waals surface area contributed by atoms with Crippen LogP contribution in [-0.4, -0.2) is 51.6 Å². The van der Waals surface area contributed by atoms with Crippen molar-refractivity contribution in [2.24, 2.45) is 5.73 Å². The van der Waals surface area contributed by atoms with Crippen molar-refractivity contribution >= 4 is 24.8 Å². The summed E-state index contributed by atoms with van der Waals surface area (Å²) in [4.78, 5) is 13.1. The largest absolute Gasteiger partial charge is 0.486 e. The van der Waals surface area contributed by atoms with Gasteiger partial charge in [-0.25, -0.2) is 0 Å². The second kappa shape index (κ2) is 5.02. The van der Waals surface area contributed by atoms with Crippen LogP contribution < -0.4 is 5.73 Å². The van der Waals surface area contributed by atoms with Gasteiger partial charge in [0.25, 0.3) is 0 Å². The van der Waals surface area contributed by atoms with Crippen molar-refractivity contribution in [3.8, 4) is 0 Å². The first kappa shape index (κ1) is 11.8. The molecule has 80 valence electrons. The molecule has 0 aromatic carbocycles. The Labute approximate surface area is 87.8 Å². The Bertz CT molecular complexity index is 217. The molecule has 0 aliphatic carbocycles. The minimum absolute atomic E-state index is 0.199. The standard InChI is InChI=1S/C7H15BN2O3S/c1-2-5(9)6(11)10-3-4-14-7(10)8(12)13/h5,7,12-13H,2-4,9H2,1H3. The van der Waals surface area contributed by atoms with Crippen molar-refractivity contribution in [1.29, 1.82) is 0 Å². The first-order valence-corrected chi connectivity index (χ1v) is 5.66. The van der Waals surface area contributed by atoms with Gasteiger partial charge in [-0.3, -0.25) is 4.79 Å². The number of carbonyl (C=O) groups excluding carboxylic acids is 1. The minimum atomic E-state index is -1.49. The Morgan fingerprint density at radius 1 is 1.79 bits per heavy atom. The van der Waals surface area contributed by atoms with E-state index in [4.69, 9.17) is 15.8 Å². The summed E-state index contributed by atoms with van der Waals surface area (Å²) in [6, 6.07) is -0.532. The molecule has 1 aliphatic rings. The van der Waals surface area contributed by atoms with Crippen LogP contribution in [0.3, 0.4) is 0 Å². The number of hydrogen-bond donors (Lipinski definition) is 3. The Kier molecular flexibility index (Phi) is 4.24. The van der Waals surface area contributed by atoms with Crippen molar-refractivity contribution in [3.05, 3.63) is 0 Å². The molecule has 4 N–H and O–H groups in total. The van der Waals surface area contributed by atoms with Gasteiger partial charge in [0, 0.05) is 12.3 Å². The summed E-state index contributed by atoms with van der Waals surface area (Å²) < 4.78 is 0. The molecule has 2 atom stereocenters. The zero-order valence-electron chi connectivity index (χ0n) is 8.09. The van der Waals surface area contributed by atoms with E-state index in [-0.39, 0.29) is 5.91 Å². The molecular formula is C7H15BN2O3S. The molecule has 1 rings (SSSR count). The van der Waals surface area contributed by atoms with Gasteiger partial charge in [-0.1, -0.05) is 6.92 Å². The fraction of sp³-hybridized carbons (Fsp3) is 0.857. The van der Waals surface area contributed by atoms with Crippen LogP contribution in [0.25, 0.3) is 0 Å². The van der Waals surface area contributed by atoms with Gasteiger partial charge < -0.3 is 20.7 Å². The van der Waals surface area contributed by atoms with Crippen molar-refractivity contribution < 1.29 is 14.8 Å². The van der Waals surface area contributed by atoms with Gasteiger partial charge in [-0.15, -0.1) is 11.8 Å². The molecule has 0 spiro atoms. The molecule has 0 bridgehead atoms. The number of nitrogens with two attached hydrogens (primary N) is 1. The maximum absolute atomic E-state index is 11.7. The predicted molar refractivity (Wildman–Crippen MR) is 56.4 cm³/mol. The van der Waals surface area contributed by atoms with E-state index in [2.05, 4.69) is 0 Å². The Morgan fingerprint density at radius 2 is 2.43 bits per heavy atom. The zero-order chi connectivity index (χ0) is 10.7. The molecule has 1 fully saturated rings. The van der Waals surface area contributed by atoms with Crippen molar-refractivity contribution in [1.82, 2.24) is 4.90 Å². The van der Waals surface area contributed by atoms with Crippen LogP contribution in [0.2, 0.25) is 0 Å². The highest BCUT2D eigenvalue weighted by atomic mass is 32.2. The Hall–Kier alpha value is -0.235. The van der Waals surface area contributed by atoms with E-state index >= 15 is 0 Å². The van der Waals surface area contributed by atoms with E-state index in [1.165, 1.54) is 16.7 Å². The molecule has 0 aromatic heterocycles. The summed E-state index contributed by atoms with van der Waals surface area (Å²) in [6.07, 6.45) is 0.564. The molecule has 7 heteroatoms. The SMILES string of the molecule is CCC(N)C(=O)N1CCSC1B(O)O. The van der Waals surface area contributed by atoms with E-state index in [1.54, 1.807) is 0 Å². The molecule has 1 aliphatic heterocycles. The third-order valence-electron chi connectivity index (χ3n) is 2.22. The molecule has 14 heavy (non-hydrogen) atoms. The lowest BCUT2D eigenvalue weighted by Crippen LogP contribution is -2.50. The fourth-order valence-corrected chi connectivity index (χ4v) is 2.46. The molecule has 0 saturated carbocycles. The third-order valence-corrected chi connectivity index (χ3v) is 3.48. The number of hydrogen-bond acceptors (Lipinski definition) is 5. The number of thioether (sulfide) groups is 1. The number of carbonyl (C=O) groups is 1. The van der Waals surface area contributed by atoms with Crippen LogP contribution in [0.1, 0.15) is 13.3 Å². The highest BCUT2D eigenvalue weighted by molar-refractivity contribution is 8.01. The smallest absolute Gasteiger partial charge is 0.425 e. The molecular weight excluding hydrogens is 203 g/mol. The summed E-state index contributed by atoms with van der Waals surface area (Å²) in [5.74, 6) is 0.528. The van der Waals surface area contributed by atoms with Gasteiger partial charge in [0.15, 0.2) is 0 Å². The highest BCUT2D eigenvalue weighted by Crippen LogP contribution is 2.24. The van der Waals surface area contributed by atoms with Gasteiger partial charge in [0.1, 0.15) is 5.27 Å². The minimum Gasteiger partial charge on any atom is -0.425 e. The number of nitrogens with zero attached hydrogens (tertiary/aromatic N) is 1. The summed E-state index contributed by atoms with van der Waals surface area (Å²) in [5.41, 5.74) is 5.59. The summed E-state index contributed by atoms with van der Waals surface area (Å²) >= 11 is 1.36. The quantitative estimate of drug-likeness (QED) is 0.509. The van der Waals surface area contributed by atoms with E-state index in [1.807, 2.05) is 6.92 Å². The van der Waals surface area contributed by atoms with Crippen LogP contribution >= 0.6 is 11.8 Å². The summed E-state index contributed by atoms with van der Waals surface area (Å²) in [6.45, 7) is 2.37. The first-order chi connectivity index (χ1) is 6.57.